The molecule has 5 nitrogen and oxygen atoms in total. The predicted octanol–water partition coefficient (Wildman–Crippen LogP) is 1.97. The van der Waals surface area contributed by atoms with Gasteiger partial charge in [-0.3, -0.25) is 0 Å². The highest BCUT2D eigenvalue weighted by Gasteiger charge is 2.15. The van der Waals surface area contributed by atoms with Crippen LogP contribution in [0.2, 0.25) is 0 Å². The third kappa shape index (κ3) is 1.44. The highest BCUT2D eigenvalue weighted by atomic mass is 15.3. The minimum absolute atomic E-state index is 0.448. The third-order valence-corrected chi connectivity index (χ3v) is 2.78. The lowest BCUT2D eigenvalue weighted by Crippen LogP contribution is -2.03. The van der Waals surface area contributed by atoms with Gasteiger partial charge in [-0.2, -0.15) is 19.9 Å². The molecule has 18 heavy (non-hydrogen) atoms. The van der Waals surface area contributed by atoms with Gasteiger partial charge in [0.15, 0.2) is 5.69 Å². The van der Waals surface area contributed by atoms with Gasteiger partial charge in [-0.05, 0) is 12.5 Å². The van der Waals surface area contributed by atoms with Crippen LogP contribution >= 0.6 is 0 Å². The van der Waals surface area contributed by atoms with Crippen molar-refractivity contribution in [3.8, 4) is 17.2 Å². The molecule has 1 aromatic carbocycles. The van der Waals surface area contributed by atoms with Crippen molar-refractivity contribution in [1.29, 1.82) is 5.26 Å². The molecule has 0 radical (unpaired) electrons. The monoisotopic (exact) mass is 235 g/mol. The zero-order valence-electron chi connectivity index (χ0n) is 9.70. The molecule has 0 saturated carbocycles. The number of rotatable bonds is 1. The summed E-state index contributed by atoms with van der Waals surface area (Å²) in [4.78, 5) is 8.37. The van der Waals surface area contributed by atoms with E-state index in [1.165, 1.54) is 10.8 Å². The zero-order valence-corrected chi connectivity index (χ0v) is 9.70. The van der Waals surface area contributed by atoms with Crippen molar-refractivity contribution < 1.29 is 0 Å². The number of nitrogens with zero attached hydrogens (tertiary/aromatic N) is 5. The second kappa shape index (κ2) is 3.93. The number of hydrogen-bond acceptors (Lipinski definition) is 4. The Morgan fingerprint density at radius 2 is 2.00 bits per heavy atom. The Morgan fingerprint density at radius 3 is 2.72 bits per heavy atom. The van der Waals surface area contributed by atoms with Crippen LogP contribution in [0.3, 0.4) is 0 Å². The van der Waals surface area contributed by atoms with Gasteiger partial charge < -0.3 is 0 Å². The summed E-state index contributed by atoms with van der Waals surface area (Å²) in [6, 6.07) is 11.9. The molecule has 0 saturated heterocycles. The van der Waals surface area contributed by atoms with E-state index in [2.05, 4.69) is 21.1 Å². The molecule has 0 bridgehead atoms. The van der Waals surface area contributed by atoms with E-state index in [0.29, 0.717) is 11.5 Å². The average Bonchev–Trinajstić information content (AvgIpc) is 2.85. The van der Waals surface area contributed by atoms with E-state index in [9.17, 15) is 5.26 Å². The fourth-order valence-electron chi connectivity index (χ4n) is 2.01. The number of benzene rings is 1. The van der Waals surface area contributed by atoms with Crippen molar-refractivity contribution in [2.24, 2.45) is 0 Å². The molecule has 0 fully saturated rings. The fraction of sp³-hybridized carbons (Fsp3) is 0.0769. The second-order valence-corrected chi connectivity index (χ2v) is 3.87. The molecule has 5 heteroatoms. The smallest absolute Gasteiger partial charge is 0.216 e. The fourth-order valence-corrected chi connectivity index (χ4v) is 2.01. The summed E-state index contributed by atoms with van der Waals surface area (Å²) in [5.74, 6) is 0.448. The van der Waals surface area contributed by atoms with Gasteiger partial charge in [-0.25, -0.2) is 4.98 Å². The second-order valence-electron chi connectivity index (χ2n) is 3.87. The molecule has 0 spiro atoms. The third-order valence-electron chi connectivity index (χ3n) is 2.78. The zero-order chi connectivity index (χ0) is 12.5. The number of nitriles is 1. The maximum absolute atomic E-state index is 9.35. The molecule has 2 aromatic heterocycles. The predicted molar refractivity (Wildman–Crippen MR) is 65.7 cm³/mol. The van der Waals surface area contributed by atoms with Gasteiger partial charge in [0.05, 0.1) is 5.69 Å². The molecule has 3 aromatic rings. The molecule has 0 unspecified atom stereocenters. The van der Waals surface area contributed by atoms with Crippen LogP contribution < -0.4 is 0 Å². The lowest BCUT2D eigenvalue weighted by Gasteiger charge is -2.08. The van der Waals surface area contributed by atoms with E-state index in [-0.39, 0.29) is 0 Å². The molecule has 0 aliphatic carbocycles. The summed E-state index contributed by atoms with van der Waals surface area (Å²) >= 11 is 0. The summed E-state index contributed by atoms with van der Waals surface area (Å²) in [5.41, 5.74) is 2.99. The molecule has 0 N–H and O–H groups in total. The minimum Gasteiger partial charge on any atom is -0.216 e. The molecule has 86 valence electrons. The minimum atomic E-state index is 0.448. The van der Waals surface area contributed by atoms with E-state index in [1.807, 2.05) is 37.3 Å². The van der Waals surface area contributed by atoms with Gasteiger partial charge in [-0.1, -0.05) is 30.3 Å². The SMILES string of the molecule is Cc1nc2ncnn2c(C#N)c1-c1ccccc1. The number of fused-ring (bicyclic) bond motifs is 1. The number of aromatic nitrogens is 4. The van der Waals surface area contributed by atoms with Gasteiger partial charge in [0.1, 0.15) is 12.4 Å². The van der Waals surface area contributed by atoms with E-state index >= 15 is 0 Å². The maximum Gasteiger partial charge on any atom is 0.253 e. The van der Waals surface area contributed by atoms with Crippen molar-refractivity contribution in [2.75, 3.05) is 0 Å². The highest BCUT2D eigenvalue weighted by molar-refractivity contribution is 5.72. The molecule has 0 aliphatic rings. The lowest BCUT2D eigenvalue weighted by molar-refractivity contribution is 0.913. The quantitative estimate of drug-likeness (QED) is 0.646. The van der Waals surface area contributed by atoms with Gasteiger partial charge >= 0.3 is 0 Å². The molecular formula is C13H9N5. The first-order valence-electron chi connectivity index (χ1n) is 5.47. The normalized spacial score (nSPS) is 10.4. The summed E-state index contributed by atoms with van der Waals surface area (Å²) in [7, 11) is 0. The van der Waals surface area contributed by atoms with Gasteiger partial charge in [-0.15, -0.1) is 0 Å². The Bertz CT molecular complexity index is 752. The Morgan fingerprint density at radius 1 is 1.22 bits per heavy atom. The Labute approximate surface area is 103 Å². The van der Waals surface area contributed by atoms with E-state index < -0.39 is 0 Å². The van der Waals surface area contributed by atoms with Gasteiger partial charge in [0.2, 0.25) is 0 Å². The molecule has 0 atom stereocenters. The first-order valence-corrected chi connectivity index (χ1v) is 5.47. The van der Waals surface area contributed by atoms with Gasteiger partial charge in [0, 0.05) is 5.56 Å². The number of hydrogen-bond donors (Lipinski definition) is 0. The Balaban J connectivity index is 2.42. The summed E-state index contributed by atoms with van der Waals surface area (Å²) in [6.45, 7) is 1.87. The molecule has 2 heterocycles. The van der Waals surface area contributed by atoms with E-state index in [4.69, 9.17) is 0 Å². The molecule has 0 amide bonds. The summed E-state index contributed by atoms with van der Waals surface area (Å²) < 4.78 is 1.47. The molecular weight excluding hydrogens is 226 g/mol. The van der Waals surface area contributed by atoms with Crippen LogP contribution in [0.1, 0.15) is 11.4 Å². The Kier molecular flexibility index (Phi) is 2.27. The van der Waals surface area contributed by atoms with Crippen LogP contribution in [-0.4, -0.2) is 19.6 Å². The largest absolute Gasteiger partial charge is 0.253 e. The van der Waals surface area contributed by atoms with Crippen molar-refractivity contribution in [3.63, 3.8) is 0 Å². The van der Waals surface area contributed by atoms with Crippen molar-refractivity contribution in [3.05, 3.63) is 48.0 Å². The van der Waals surface area contributed by atoms with Crippen LogP contribution in [0.15, 0.2) is 36.7 Å². The van der Waals surface area contributed by atoms with Crippen molar-refractivity contribution in [1.82, 2.24) is 19.6 Å². The lowest BCUT2D eigenvalue weighted by atomic mass is 10.0. The van der Waals surface area contributed by atoms with E-state index in [1.54, 1.807) is 0 Å². The van der Waals surface area contributed by atoms with Crippen LogP contribution in [-0.2, 0) is 0 Å². The molecule has 0 aliphatic heterocycles. The number of aryl methyl sites for hydroxylation is 1. The first-order chi connectivity index (χ1) is 8.81. The van der Waals surface area contributed by atoms with Crippen molar-refractivity contribution >= 4 is 5.78 Å². The molecule has 3 rings (SSSR count). The standard InChI is InChI=1S/C13H9N5/c1-9-12(10-5-3-2-4-6-10)11(7-14)18-13(17-9)15-8-16-18/h2-6,8H,1H3. The van der Waals surface area contributed by atoms with Crippen molar-refractivity contribution in [2.45, 2.75) is 6.92 Å². The average molecular weight is 235 g/mol. The van der Waals surface area contributed by atoms with Crippen LogP contribution in [0.5, 0.6) is 0 Å². The van der Waals surface area contributed by atoms with Crippen LogP contribution in [0.25, 0.3) is 16.9 Å². The summed E-state index contributed by atoms with van der Waals surface area (Å²) in [6.07, 6.45) is 1.40. The first kappa shape index (κ1) is 10.4. The van der Waals surface area contributed by atoms with Gasteiger partial charge in [0.25, 0.3) is 5.78 Å². The maximum atomic E-state index is 9.35. The van der Waals surface area contributed by atoms with E-state index in [0.717, 1.165) is 16.8 Å². The topological polar surface area (TPSA) is 66.9 Å². The van der Waals surface area contributed by atoms with Crippen LogP contribution in [0, 0.1) is 18.3 Å². The summed E-state index contributed by atoms with van der Waals surface area (Å²) in [5, 5.41) is 13.4. The highest BCUT2D eigenvalue weighted by Crippen LogP contribution is 2.25. The Hall–Kier alpha value is -2.74. The van der Waals surface area contributed by atoms with Crippen LogP contribution in [0.4, 0.5) is 0 Å².